The molecule has 1 atom stereocenters. The van der Waals surface area contributed by atoms with Crippen molar-refractivity contribution in [3.8, 4) is 0 Å². The molecule has 2 fully saturated rings. The van der Waals surface area contributed by atoms with Crippen LogP contribution in [0.25, 0.3) is 0 Å². The monoisotopic (exact) mass is 245 g/mol. The maximum absolute atomic E-state index is 8.55. The molecule has 5 nitrogen and oxygen atoms in total. The molecule has 2 aliphatic heterocycles. The minimum Gasteiger partial charge on any atom is -0.394 e. The summed E-state index contributed by atoms with van der Waals surface area (Å²) in [6.45, 7) is 4.40. The molecule has 0 aromatic rings. The van der Waals surface area contributed by atoms with E-state index in [-0.39, 0.29) is 18.3 Å². The average Bonchev–Trinajstić information content (AvgIpc) is 2.73. The van der Waals surface area contributed by atoms with Gasteiger partial charge in [0.1, 0.15) is 0 Å². The Bertz CT molecular complexity index is 219. The summed E-state index contributed by atoms with van der Waals surface area (Å²) in [7, 11) is 0. The highest BCUT2D eigenvalue weighted by Gasteiger charge is 2.41. The molecule has 5 heteroatoms. The molecule has 0 bridgehead atoms. The summed E-state index contributed by atoms with van der Waals surface area (Å²) in [6.07, 6.45) is 3.40. The standard InChI is InChI=1S/C12H23NO4/c14-5-6-15-7-8-16-11-9-12(17-10-11)1-3-13-4-2-12/h11,13-14H,1-10H2. The molecule has 0 aromatic heterocycles. The lowest BCUT2D eigenvalue weighted by atomic mass is 9.89. The second-order valence-corrected chi connectivity index (χ2v) is 4.78. The zero-order valence-electron chi connectivity index (χ0n) is 10.3. The first kappa shape index (κ1) is 13.2. The van der Waals surface area contributed by atoms with Gasteiger partial charge in [0.2, 0.25) is 0 Å². The zero-order valence-corrected chi connectivity index (χ0v) is 10.3. The highest BCUT2D eigenvalue weighted by atomic mass is 16.6. The van der Waals surface area contributed by atoms with Crippen LogP contribution in [0.5, 0.6) is 0 Å². The number of rotatable bonds is 6. The summed E-state index contributed by atoms with van der Waals surface area (Å²) >= 11 is 0. The Hall–Kier alpha value is -0.200. The fourth-order valence-electron chi connectivity index (χ4n) is 2.58. The molecular weight excluding hydrogens is 222 g/mol. The molecule has 0 radical (unpaired) electrons. The molecule has 0 aliphatic carbocycles. The molecule has 2 N–H and O–H groups in total. The SMILES string of the molecule is OCCOCCOC1COC2(CCNCC2)C1. The minimum absolute atomic E-state index is 0.0713. The minimum atomic E-state index is 0.0713. The second-order valence-electron chi connectivity index (χ2n) is 4.78. The number of ether oxygens (including phenoxy) is 3. The Morgan fingerprint density at radius 3 is 2.82 bits per heavy atom. The lowest BCUT2D eigenvalue weighted by molar-refractivity contribution is -0.0273. The number of piperidine rings is 1. The highest BCUT2D eigenvalue weighted by Crippen LogP contribution is 2.34. The summed E-state index contributed by atoms with van der Waals surface area (Å²) in [5, 5.41) is 11.9. The molecule has 1 unspecified atom stereocenters. The van der Waals surface area contributed by atoms with E-state index < -0.39 is 0 Å². The Morgan fingerprint density at radius 1 is 1.24 bits per heavy atom. The predicted molar refractivity (Wildman–Crippen MR) is 63.0 cm³/mol. The van der Waals surface area contributed by atoms with Gasteiger partial charge in [-0.05, 0) is 25.9 Å². The van der Waals surface area contributed by atoms with Crippen LogP contribution in [0.3, 0.4) is 0 Å². The summed E-state index contributed by atoms with van der Waals surface area (Å²) < 4.78 is 16.8. The van der Waals surface area contributed by atoms with Gasteiger partial charge >= 0.3 is 0 Å². The second kappa shape index (κ2) is 6.66. The van der Waals surface area contributed by atoms with Gasteiger partial charge in [0.05, 0.1) is 44.7 Å². The number of aliphatic hydroxyl groups excluding tert-OH is 1. The fourth-order valence-corrected chi connectivity index (χ4v) is 2.58. The van der Waals surface area contributed by atoms with Crippen LogP contribution >= 0.6 is 0 Å². The van der Waals surface area contributed by atoms with Crippen LogP contribution in [0, 0.1) is 0 Å². The van der Waals surface area contributed by atoms with Crippen LogP contribution in [0.4, 0.5) is 0 Å². The number of hydrogen-bond acceptors (Lipinski definition) is 5. The first-order chi connectivity index (χ1) is 8.35. The van der Waals surface area contributed by atoms with E-state index >= 15 is 0 Å². The third-order valence-corrected chi connectivity index (χ3v) is 3.51. The van der Waals surface area contributed by atoms with E-state index in [4.69, 9.17) is 19.3 Å². The van der Waals surface area contributed by atoms with Gasteiger partial charge in [-0.3, -0.25) is 0 Å². The molecule has 0 amide bonds. The van der Waals surface area contributed by atoms with Gasteiger partial charge in [-0.15, -0.1) is 0 Å². The van der Waals surface area contributed by atoms with Gasteiger partial charge in [0.25, 0.3) is 0 Å². The number of hydrogen-bond donors (Lipinski definition) is 2. The van der Waals surface area contributed by atoms with Crippen molar-refractivity contribution < 1.29 is 19.3 Å². The fraction of sp³-hybridized carbons (Fsp3) is 1.00. The van der Waals surface area contributed by atoms with Crippen molar-refractivity contribution in [3.63, 3.8) is 0 Å². The van der Waals surface area contributed by atoms with Gasteiger partial charge in [-0.25, -0.2) is 0 Å². The number of nitrogens with one attached hydrogen (secondary N) is 1. The summed E-state index contributed by atoms with van der Waals surface area (Å²) in [4.78, 5) is 0. The Morgan fingerprint density at radius 2 is 2.06 bits per heavy atom. The summed E-state index contributed by atoms with van der Waals surface area (Å²) in [6, 6.07) is 0. The Kier molecular flexibility index (Phi) is 5.18. The van der Waals surface area contributed by atoms with Crippen LogP contribution in [0.1, 0.15) is 19.3 Å². The van der Waals surface area contributed by atoms with Gasteiger partial charge in [-0.1, -0.05) is 0 Å². The normalized spacial score (nSPS) is 27.7. The van der Waals surface area contributed by atoms with Crippen molar-refractivity contribution >= 4 is 0 Å². The summed E-state index contributed by atoms with van der Waals surface area (Å²) in [5.41, 5.74) is 0.0713. The van der Waals surface area contributed by atoms with Crippen molar-refractivity contribution in [1.82, 2.24) is 5.32 Å². The van der Waals surface area contributed by atoms with Crippen molar-refractivity contribution in [3.05, 3.63) is 0 Å². The van der Waals surface area contributed by atoms with Gasteiger partial charge < -0.3 is 24.6 Å². The molecule has 0 aromatic carbocycles. The highest BCUT2D eigenvalue weighted by molar-refractivity contribution is 4.93. The number of aliphatic hydroxyl groups is 1. The molecule has 2 heterocycles. The lowest BCUT2D eigenvalue weighted by Gasteiger charge is -2.32. The maximum Gasteiger partial charge on any atom is 0.0837 e. The topological polar surface area (TPSA) is 60.0 Å². The van der Waals surface area contributed by atoms with Crippen LogP contribution in [0.15, 0.2) is 0 Å². The van der Waals surface area contributed by atoms with Gasteiger partial charge in [0.15, 0.2) is 0 Å². The van der Waals surface area contributed by atoms with Crippen molar-refractivity contribution in [2.24, 2.45) is 0 Å². The third-order valence-electron chi connectivity index (χ3n) is 3.51. The maximum atomic E-state index is 8.55. The first-order valence-electron chi connectivity index (χ1n) is 6.50. The molecule has 1 spiro atoms. The molecule has 100 valence electrons. The third kappa shape index (κ3) is 3.89. The average molecular weight is 245 g/mol. The van der Waals surface area contributed by atoms with Crippen LogP contribution < -0.4 is 5.32 Å². The molecular formula is C12H23NO4. The smallest absolute Gasteiger partial charge is 0.0837 e. The predicted octanol–water partition coefficient (Wildman–Crippen LogP) is -0.0770. The van der Waals surface area contributed by atoms with Crippen molar-refractivity contribution in [1.29, 1.82) is 0 Å². The van der Waals surface area contributed by atoms with E-state index in [0.717, 1.165) is 32.4 Å². The van der Waals surface area contributed by atoms with E-state index in [1.165, 1.54) is 0 Å². The van der Waals surface area contributed by atoms with E-state index in [1.807, 2.05) is 0 Å². The van der Waals surface area contributed by atoms with E-state index in [9.17, 15) is 0 Å². The molecule has 2 saturated heterocycles. The Labute approximate surface area is 102 Å². The quantitative estimate of drug-likeness (QED) is 0.641. The molecule has 0 saturated carbocycles. The molecule has 2 aliphatic rings. The van der Waals surface area contributed by atoms with Gasteiger partial charge in [-0.2, -0.15) is 0 Å². The first-order valence-corrected chi connectivity index (χ1v) is 6.50. The van der Waals surface area contributed by atoms with Crippen LogP contribution in [-0.4, -0.2) is 62.9 Å². The van der Waals surface area contributed by atoms with Crippen molar-refractivity contribution in [2.75, 3.05) is 46.1 Å². The van der Waals surface area contributed by atoms with E-state index in [0.29, 0.717) is 26.4 Å². The van der Waals surface area contributed by atoms with E-state index in [2.05, 4.69) is 5.32 Å². The molecule has 17 heavy (non-hydrogen) atoms. The summed E-state index contributed by atoms with van der Waals surface area (Å²) in [5.74, 6) is 0. The zero-order chi connectivity index (χ0) is 12.0. The Balaban J connectivity index is 1.60. The van der Waals surface area contributed by atoms with E-state index in [1.54, 1.807) is 0 Å². The lowest BCUT2D eigenvalue weighted by Crippen LogP contribution is -2.41. The molecule has 2 rings (SSSR count). The van der Waals surface area contributed by atoms with Crippen LogP contribution in [-0.2, 0) is 14.2 Å². The van der Waals surface area contributed by atoms with Crippen molar-refractivity contribution in [2.45, 2.75) is 31.0 Å². The largest absolute Gasteiger partial charge is 0.394 e. The van der Waals surface area contributed by atoms with Gasteiger partial charge in [0, 0.05) is 6.42 Å². The van der Waals surface area contributed by atoms with Crippen LogP contribution in [0.2, 0.25) is 0 Å².